The number of aromatic nitrogens is 1. The van der Waals surface area contributed by atoms with Crippen molar-refractivity contribution in [2.75, 3.05) is 32.5 Å². The van der Waals surface area contributed by atoms with Crippen LogP contribution >= 0.6 is 0 Å². The first-order valence-corrected chi connectivity index (χ1v) is 6.32. The molecule has 5 heteroatoms. The van der Waals surface area contributed by atoms with E-state index in [4.69, 9.17) is 0 Å². The molecule has 0 aromatic carbocycles. The Hall–Kier alpha value is -1.62. The third-order valence-corrected chi connectivity index (χ3v) is 3.39. The number of amides is 1. The van der Waals surface area contributed by atoms with Gasteiger partial charge in [0.1, 0.15) is 0 Å². The largest absolute Gasteiger partial charge is 0.386 e. The molecule has 2 rings (SSSR count). The van der Waals surface area contributed by atoms with E-state index in [0.717, 1.165) is 31.6 Å². The number of carbonyl (C=O) groups is 1. The van der Waals surface area contributed by atoms with Gasteiger partial charge in [-0.15, -0.1) is 0 Å². The van der Waals surface area contributed by atoms with Crippen LogP contribution in [0.15, 0.2) is 18.5 Å². The molecule has 1 fully saturated rings. The monoisotopic (exact) mass is 248 g/mol. The maximum atomic E-state index is 12.2. The van der Waals surface area contributed by atoms with E-state index in [2.05, 4.69) is 27.6 Å². The third kappa shape index (κ3) is 2.98. The number of hydrogen-bond acceptors (Lipinski definition) is 4. The molecule has 0 saturated carbocycles. The minimum Gasteiger partial charge on any atom is -0.386 e. The normalized spacial score (nSPS) is 17.4. The summed E-state index contributed by atoms with van der Waals surface area (Å²) in [5, 5.41) is 6.09. The van der Waals surface area contributed by atoms with E-state index in [0.29, 0.717) is 5.56 Å². The summed E-state index contributed by atoms with van der Waals surface area (Å²) < 4.78 is 0. The van der Waals surface area contributed by atoms with Crippen LogP contribution in [0.1, 0.15) is 23.2 Å². The van der Waals surface area contributed by atoms with Gasteiger partial charge in [-0.2, -0.15) is 0 Å². The van der Waals surface area contributed by atoms with Crippen molar-refractivity contribution in [2.24, 2.45) is 0 Å². The first kappa shape index (κ1) is 12.8. The summed E-state index contributed by atoms with van der Waals surface area (Å²) in [6.45, 7) is 2.08. The van der Waals surface area contributed by atoms with Gasteiger partial charge in [0.2, 0.25) is 0 Å². The predicted molar refractivity (Wildman–Crippen MR) is 71.8 cm³/mol. The number of carbonyl (C=O) groups excluding carboxylic acids is 1. The summed E-state index contributed by atoms with van der Waals surface area (Å²) in [6.07, 6.45) is 5.35. The third-order valence-electron chi connectivity index (χ3n) is 3.39. The average molecular weight is 248 g/mol. The van der Waals surface area contributed by atoms with Gasteiger partial charge in [-0.3, -0.25) is 9.78 Å². The highest BCUT2D eigenvalue weighted by atomic mass is 16.1. The number of anilines is 1. The van der Waals surface area contributed by atoms with Crippen molar-refractivity contribution in [3.63, 3.8) is 0 Å². The second-order valence-corrected chi connectivity index (χ2v) is 4.72. The maximum Gasteiger partial charge on any atom is 0.253 e. The van der Waals surface area contributed by atoms with E-state index in [1.807, 2.05) is 0 Å². The van der Waals surface area contributed by atoms with Crippen LogP contribution in [0.25, 0.3) is 0 Å². The number of nitrogens with zero attached hydrogens (tertiary/aromatic N) is 2. The Labute approximate surface area is 108 Å². The van der Waals surface area contributed by atoms with Crippen LogP contribution in [-0.4, -0.2) is 49.0 Å². The van der Waals surface area contributed by atoms with Crippen molar-refractivity contribution < 1.29 is 4.79 Å². The lowest BCUT2D eigenvalue weighted by atomic mass is 10.0. The Morgan fingerprint density at radius 2 is 2.17 bits per heavy atom. The van der Waals surface area contributed by atoms with Crippen LogP contribution in [-0.2, 0) is 0 Å². The van der Waals surface area contributed by atoms with E-state index in [1.165, 1.54) is 0 Å². The molecule has 1 aliphatic heterocycles. The summed E-state index contributed by atoms with van der Waals surface area (Å²) in [5.41, 5.74) is 1.43. The van der Waals surface area contributed by atoms with Gasteiger partial charge in [-0.05, 0) is 39.0 Å². The lowest BCUT2D eigenvalue weighted by Crippen LogP contribution is -2.43. The molecule has 0 bridgehead atoms. The highest BCUT2D eigenvalue weighted by Gasteiger charge is 2.20. The first-order valence-electron chi connectivity index (χ1n) is 6.32. The van der Waals surface area contributed by atoms with Crippen LogP contribution in [0.4, 0.5) is 5.69 Å². The number of piperidine rings is 1. The Bertz CT molecular complexity index is 413. The van der Waals surface area contributed by atoms with Crippen molar-refractivity contribution in [1.82, 2.24) is 15.2 Å². The Kier molecular flexibility index (Phi) is 4.15. The van der Waals surface area contributed by atoms with E-state index in [9.17, 15) is 4.79 Å². The van der Waals surface area contributed by atoms with E-state index in [1.54, 1.807) is 25.5 Å². The highest BCUT2D eigenvalue weighted by Crippen LogP contribution is 2.14. The minimum atomic E-state index is -0.0173. The topological polar surface area (TPSA) is 57.3 Å². The molecule has 1 aromatic rings. The Morgan fingerprint density at radius 3 is 2.83 bits per heavy atom. The zero-order valence-electron chi connectivity index (χ0n) is 10.9. The van der Waals surface area contributed by atoms with Crippen LogP contribution in [0, 0.1) is 0 Å². The van der Waals surface area contributed by atoms with Gasteiger partial charge in [0.15, 0.2) is 0 Å². The van der Waals surface area contributed by atoms with Gasteiger partial charge in [-0.1, -0.05) is 0 Å². The summed E-state index contributed by atoms with van der Waals surface area (Å²) in [7, 11) is 3.91. The molecule has 0 radical (unpaired) electrons. The molecule has 0 atom stereocenters. The van der Waals surface area contributed by atoms with Crippen LogP contribution in [0.2, 0.25) is 0 Å². The van der Waals surface area contributed by atoms with Crippen LogP contribution in [0.5, 0.6) is 0 Å². The summed E-state index contributed by atoms with van der Waals surface area (Å²) in [6, 6.07) is 2.03. The predicted octanol–water partition coefficient (Wildman–Crippen LogP) is 0.947. The number of rotatable bonds is 3. The second kappa shape index (κ2) is 5.82. The van der Waals surface area contributed by atoms with Crippen LogP contribution < -0.4 is 10.6 Å². The van der Waals surface area contributed by atoms with Gasteiger partial charge < -0.3 is 15.5 Å². The molecule has 1 amide bonds. The molecule has 18 heavy (non-hydrogen) atoms. The molecule has 0 unspecified atom stereocenters. The highest BCUT2D eigenvalue weighted by molar-refractivity contribution is 5.99. The van der Waals surface area contributed by atoms with E-state index in [-0.39, 0.29) is 11.9 Å². The number of likely N-dealkylation sites (tertiary alicyclic amines) is 1. The number of pyridine rings is 1. The smallest absolute Gasteiger partial charge is 0.253 e. The van der Waals surface area contributed by atoms with Crippen molar-refractivity contribution >= 4 is 11.6 Å². The first-order chi connectivity index (χ1) is 8.70. The van der Waals surface area contributed by atoms with Crippen LogP contribution in [0.3, 0.4) is 0 Å². The Balaban J connectivity index is 1.99. The summed E-state index contributed by atoms with van der Waals surface area (Å²) >= 11 is 0. The standard InChI is InChI=1S/C13H20N4O/c1-14-12-9-15-6-3-11(12)13(18)16-10-4-7-17(2)8-5-10/h3,6,9-10,14H,4-5,7-8H2,1-2H3,(H,16,18). The quantitative estimate of drug-likeness (QED) is 0.836. The van der Waals surface area contributed by atoms with Crippen molar-refractivity contribution in [3.05, 3.63) is 24.0 Å². The fourth-order valence-corrected chi connectivity index (χ4v) is 2.21. The lowest BCUT2D eigenvalue weighted by Gasteiger charge is -2.29. The van der Waals surface area contributed by atoms with Gasteiger partial charge in [-0.25, -0.2) is 0 Å². The molecule has 2 N–H and O–H groups in total. The molecular formula is C13H20N4O. The molecule has 0 aliphatic carbocycles. The molecule has 1 aromatic heterocycles. The van der Waals surface area contributed by atoms with Crippen molar-refractivity contribution in [1.29, 1.82) is 0 Å². The van der Waals surface area contributed by atoms with E-state index < -0.39 is 0 Å². The van der Waals surface area contributed by atoms with Crippen molar-refractivity contribution in [3.8, 4) is 0 Å². The summed E-state index contributed by atoms with van der Waals surface area (Å²) in [5.74, 6) is -0.0173. The fourth-order valence-electron chi connectivity index (χ4n) is 2.21. The number of nitrogens with one attached hydrogen (secondary N) is 2. The zero-order chi connectivity index (χ0) is 13.0. The molecule has 1 saturated heterocycles. The fraction of sp³-hybridized carbons (Fsp3) is 0.538. The maximum absolute atomic E-state index is 12.2. The Morgan fingerprint density at radius 1 is 1.44 bits per heavy atom. The van der Waals surface area contributed by atoms with E-state index >= 15 is 0 Å². The second-order valence-electron chi connectivity index (χ2n) is 4.72. The van der Waals surface area contributed by atoms with Gasteiger partial charge >= 0.3 is 0 Å². The molecule has 5 nitrogen and oxygen atoms in total. The van der Waals surface area contributed by atoms with Gasteiger partial charge in [0, 0.05) is 19.3 Å². The molecule has 98 valence electrons. The lowest BCUT2D eigenvalue weighted by molar-refractivity contribution is 0.0917. The van der Waals surface area contributed by atoms with Crippen molar-refractivity contribution in [2.45, 2.75) is 18.9 Å². The SMILES string of the molecule is CNc1cnccc1C(=O)NC1CCN(C)CC1. The average Bonchev–Trinajstić information content (AvgIpc) is 2.41. The molecule has 1 aliphatic rings. The molecule has 2 heterocycles. The molecule has 0 spiro atoms. The molecular weight excluding hydrogens is 228 g/mol. The number of hydrogen-bond donors (Lipinski definition) is 2. The minimum absolute atomic E-state index is 0.0173. The van der Waals surface area contributed by atoms with Gasteiger partial charge in [0.25, 0.3) is 5.91 Å². The zero-order valence-corrected chi connectivity index (χ0v) is 10.9. The van der Waals surface area contributed by atoms with Gasteiger partial charge in [0.05, 0.1) is 17.4 Å². The summed E-state index contributed by atoms with van der Waals surface area (Å²) in [4.78, 5) is 18.5.